The molecule has 1 fully saturated rings. The lowest BCUT2D eigenvalue weighted by molar-refractivity contribution is -0.128. The fourth-order valence-corrected chi connectivity index (χ4v) is 4.85. The third-order valence-corrected chi connectivity index (χ3v) is 6.94. The van der Waals surface area contributed by atoms with Crippen molar-refractivity contribution in [2.45, 2.75) is 33.1 Å². The highest BCUT2D eigenvalue weighted by molar-refractivity contribution is 7.99. The first-order valence-corrected chi connectivity index (χ1v) is 13.4. The zero-order valence-corrected chi connectivity index (χ0v) is 21.2. The predicted octanol–water partition coefficient (Wildman–Crippen LogP) is 4.10. The SMILES string of the molecule is CCc1cccc(CC)c1NC(=O)CN1CCCN(C(=O)CSCCOc2ccccc2)CC1. The van der Waals surface area contributed by atoms with Gasteiger partial charge in [0.25, 0.3) is 0 Å². The second-order valence-electron chi connectivity index (χ2n) is 8.43. The zero-order valence-electron chi connectivity index (χ0n) is 20.4. The molecular weight excluding hydrogens is 446 g/mol. The van der Waals surface area contributed by atoms with Crippen LogP contribution in [0.1, 0.15) is 31.4 Å². The molecule has 0 radical (unpaired) electrons. The number of anilines is 1. The van der Waals surface area contributed by atoms with Crippen molar-refractivity contribution in [2.24, 2.45) is 0 Å². The highest BCUT2D eigenvalue weighted by Crippen LogP contribution is 2.22. The third kappa shape index (κ3) is 8.06. The molecule has 3 rings (SSSR count). The lowest BCUT2D eigenvalue weighted by Crippen LogP contribution is -2.38. The van der Waals surface area contributed by atoms with E-state index in [1.807, 2.05) is 35.2 Å². The Morgan fingerprint density at radius 1 is 0.941 bits per heavy atom. The monoisotopic (exact) mass is 483 g/mol. The summed E-state index contributed by atoms with van der Waals surface area (Å²) in [6, 6.07) is 15.9. The number of hydrogen-bond acceptors (Lipinski definition) is 5. The Kier molecular flexibility index (Phi) is 10.8. The number of hydrogen-bond donors (Lipinski definition) is 1. The van der Waals surface area contributed by atoms with Crippen LogP contribution in [0.4, 0.5) is 5.69 Å². The van der Waals surface area contributed by atoms with Gasteiger partial charge in [0.05, 0.1) is 18.9 Å². The lowest BCUT2D eigenvalue weighted by atomic mass is 10.0. The summed E-state index contributed by atoms with van der Waals surface area (Å²) in [7, 11) is 0. The molecule has 1 N–H and O–H groups in total. The molecule has 2 aromatic rings. The van der Waals surface area contributed by atoms with Crippen molar-refractivity contribution in [1.29, 1.82) is 0 Å². The summed E-state index contributed by atoms with van der Waals surface area (Å²) in [6.45, 7) is 8.12. The van der Waals surface area contributed by atoms with Crippen molar-refractivity contribution in [2.75, 3.05) is 56.2 Å². The number of ether oxygens (including phenoxy) is 1. The van der Waals surface area contributed by atoms with E-state index in [1.165, 1.54) is 11.1 Å². The molecule has 0 aliphatic carbocycles. The number of aryl methyl sites for hydroxylation is 2. The lowest BCUT2D eigenvalue weighted by Gasteiger charge is -2.22. The quantitative estimate of drug-likeness (QED) is 0.488. The fourth-order valence-electron chi connectivity index (χ4n) is 4.15. The maximum atomic E-state index is 12.8. The van der Waals surface area contributed by atoms with E-state index >= 15 is 0 Å². The number of para-hydroxylation sites is 2. The number of thioether (sulfide) groups is 1. The van der Waals surface area contributed by atoms with Crippen LogP contribution in [0.2, 0.25) is 0 Å². The van der Waals surface area contributed by atoms with Crippen molar-refractivity contribution in [3.63, 3.8) is 0 Å². The summed E-state index contributed by atoms with van der Waals surface area (Å²) in [5, 5.41) is 3.16. The minimum absolute atomic E-state index is 0.0179. The van der Waals surface area contributed by atoms with Crippen LogP contribution in [-0.2, 0) is 22.4 Å². The minimum atomic E-state index is 0.0179. The molecule has 1 aliphatic rings. The minimum Gasteiger partial charge on any atom is -0.493 e. The van der Waals surface area contributed by atoms with E-state index in [1.54, 1.807) is 11.8 Å². The molecule has 1 saturated heterocycles. The molecule has 7 heteroatoms. The standard InChI is InChI=1S/C27H37N3O3S/c1-3-22-10-8-11-23(4-2)27(22)28-25(31)20-29-14-9-15-30(17-16-29)26(32)21-34-19-18-33-24-12-6-5-7-13-24/h5-8,10-13H,3-4,9,14-21H2,1-2H3,(H,28,31). The van der Waals surface area contributed by atoms with E-state index in [2.05, 4.69) is 42.3 Å². The van der Waals surface area contributed by atoms with Gasteiger partial charge in [0, 0.05) is 37.6 Å². The molecule has 6 nitrogen and oxygen atoms in total. The van der Waals surface area contributed by atoms with Gasteiger partial charge < -0.3 is 15.0 Å². The number of rotatable bonds is 11. The largest absolute Gasteiger partial charge is 0.493 e. The van der Waals surface area contributed by atoms with Crippen LogP contribution in [0.25, 0.3) is 0 Å². The van der Waals surface area contributed by atoms with E-state index < -0.39 is 0 Å². The Bertz CT molecular complexity index is 900. The van der Waals surface area contributed by atoms with Gasteiger partial charge in [-0.2, -0.15) is 0 Å². The second kappa shape index (κ2) is 14.0. The predicted molar refractivity (Wildman–Crippen MR) is 141 cm³/mol. The molecule has 2 amide bonds. The summed E-state index contributed by atoms with van der Waals surface area (Å²) in [4.78, 5) is 29.6. The summed E-state index contributed by atoms with van der Waals surface area (Å²) < 4.78 is 5.69. The Morgan fingerprint density at radius 2 is 1.68 bits per heavy atom. The number of benzene rings is 2. The first-order valence-electron chi connectivity index (χ1n) is 12.3. The van der Waals surface area contributed by atoms with Crippen LogP contribution < -0.4 is 10.1 Å². The molecule has 0 saturated carbocycles. The van der Waals surface area contributed by atoms with Gasteiger partial charge >= 0.3 is 0 Å². The maximum absolute atomic E-state index is 12.8. The second-order valence-corrected chi connectivity index (χ2v) is 9.54. The smallest absolute Gasteiger partial charge is 0.238 e. The average Bonchev–Trinajstić information content (AvgIpc) is 3.10. The van der Waals surface area contributed by atoms with E-state index in [0.717, 1.165) is 56.1 Å². The molecule has 34 heavy (non-hydrogen) atoms. The topological polar surface area (TPSA) is 61.9 Å². The van der Waals surface area contributed by atoms with Crippen LogP contribution in [0.5, 0.6) is 5.75 Å². The molecule has 1 heterocycles. The van der Waals surface area contributed by atoms with Gasteiger partial charge in [-0.15, -0.1) is 11.8 Å². The van der Waals surface area contributed by atoms with Crippen molar-refractivity contribution in [3.05, 3.63) is 59.7 Å². The Hall–Kier alpha value is -2.51. The van der Waals surface area contributed by atoms with Crippen LogP contribution in [-0.4, -0.2) is 72.5 Å². The molecule has 2 aromatic carbocycles. The van der Waals surface area contributed by atoms with Crippen molar-refractivity contribution in [1.82, 2.24) is 9.80 Å². The fraction of sp³-hybridized carbons (Fsp3) is 0.481. The highest BCUT2D eigenvalue weighted by Gasteiger charge is 2.21. The van der Waals surface area contributed by atoms with Crippen molar-refractivity contribution < 1.29 is 14.3 Å². The third-order valence-electron chi connectivity index (χ3n) is 6.04. The molecular formula is C27H37N3O3S. The van der Waals surface area contributed by atoms with Crippen molar-refractivity contribution in [3.8, 4) is 5.75 Å². The zero-order chi connectivity index (χ0) is 24.2. The average molecular weight is 484 g/mol. The molecule has 0 aromatic heterocycles. The molecule has 1 aliphatic heterocycles. The van der Waals surface area contributed by atoms with Gasteiger partial charge in [0.15, 0.2) is 0 Å². The normalized spacial score (nSPS) is 14.5. The van der Waals surface area contributed by atoms with E-state index in [4.69, 9.17) is 4.74 Å². The van der Waals surface area contributed by atoms with Gasteiger partial charge in [-0.05, 0) is 42.5 Å². The van der Waals surface area contributed by atoms with Gasteiger partial charge in [-0.3, -0.25) is 14.5 Å². The number of carbonyl (C=O) groups excluding carboxylic acids is 2. The molecule has 184 valence electrons. The van der Waals surface area contributed by atoms with E-state index in [9.17, 15) is 9.59 Å². The first kappa shape index (κ1) is 26.1. The van der Waals surface area contributed by atoms with Crippen LogP contribution >= 0.6 is 11.8 Å². The van der Waals surface area contributed by atoms with Gasteiger partial charge in [0.2, 0.25) is 11.8 Å². The Balaban J connectivity index is 1.39. The summed E-state index contributed by atoms with van der Waals surface area (Å²) in [6.07, 6.45) is 2.66. The molecule has 0 atom stereocenters. The summed E-state index contributed by atoms with van der Waals surface area (Å²) in [5.41, 5.74) is 3.32. The Labute approximate surface area is 208 Å². The van der Waals surface area contributed by atoms with E-state index in [0.29, 0.717) is 25.4 Å². The maximum Gasteiger partial charge on any atom is 0.238 e. The number of nitrogens with one attached hydrogen (secondary N) is 1. The number of amides is 2. The molecule has 0 unspecified atom stereocenters. The Morgan fingerprint density at radius 3 is 2.38 bits per heavy atom. The van der Waals surface area contributed by atoms with Crippen LogP contribution in [0, 0.1) is 0 Å². The van der Waals surface area contributed by atoms with Gasteiger partial charge in [-0.1, -0.05) is 50.2 Å². The van der Waals surface area contributed by atoms with Crippen LogP contribution in [0.15, 0.2) is 48.5 Å². The first-order chi connectivity index (χ1) is 16.6. The molecule has 0 spiro atoms. The summed E-state index contributed by atoms with van der Waals surface area (Å²) >= 11 is 1.61. The van der Waals surface area contributed by atoms with Gasteiger partial charge in [-0.25, -0.2) is 0 Å². The summed E-state index contributed by atoms with van der Waals surface area (Å²) in [5.74, 6) is 2.28. The molecule has 0 bridgehead atoms. The number of nitrogens with zero attached hydrogens (tertiary/aromatic N) is 2. The van der Waals surface area contributed by atoms with Gasteiger partial charge in [0.1, 0.15) is 5.75 Å². The van der Waals surface area contributed by atoms with E-state index in [-0.39, 0.29) is 11.8 Å². The van der Waals surface area contributed by atoms with Crippen molar-refractivity contribution >= 4 is 29.3 Å². The highest BCUT2D eigenvalue weighted by atomic mass is 32.2. The van der Waals surface area contributed by atoms with Crippen LogP contribution in [0.3, 0.4) is 0 Å². The number of carbonyl (C=O) groups is 2.